The molecule has 0 rings (SSSR count). The van der Waals surface area contributed by atoms with Gasteiger partial charge in [0, 0.05) is 5.92 Å². The predicted octanol–water partition coefficient (Wildman–Crippen LogP) is 0.926. The maximum Gasteiger partial charge on any atom is 0.381 e. The van der Waals surface area contributed by atoms with Crippen LogP contribution in [-0.4, -0.2) is 26.0 Å². The standard InChI is InChI=1S/C7H12O3Si/c1-11(2,3)10-6-4-5-7(8)9/h6H2,1-3H3,(H,8,9). The monoisotopic (exact) mass is 172 g/mol. The van der Waals surface area contributed by atoms with Crippen molar-refractivity contribution in [3.63, 3.8) is 0 Å². The fourth-order valence-corrected chi connectivity index (χ4v) is 0.869. The van der Waals surface area contributed by atoms with Gasteiger partial charge in [-0.05, 0) is 19.6 Å². The topological polar surface area (TPSA) is 46.5 Å². The molecule has 0 aromatic carbocycles. The van der Waals surface area contributed by atoms with Crippen LogP contribution >= 0.6 is 0 Å². The van der Waals surface area contributed by atoms with Gasteiger partial charge in [-0.25, -0.2) is 4.79 Å². The first-order chi connectivity index (χ1) is 4.92. The number of carboxylic acids is 1. The highest BCUT2D eigenvalue weighted by Crippen LogP contribution is 2.00. The van der Waals surface area contributed by atoms with Crippen LogP contribution in [0.4, 0.5) is 0 Å². The van der Waals surface area contributed by atoms with Gasteiger partial charge in [-0.2, -0.15) is 0 Å². The Kier molecular flexibility index (Phi) is 3.86. The van der Waals surface area contributed by atoms with E-state index >= 15 is 0 Å². The lowest BCUT2D eigenvalue weighted by molar-refractivity contribution is -0.130. The van der Waals surface area contributed by atoms with Crippen LogP contribution in [0, 0.1) is 11.8 Å². The van der Waals surface area contributed by atoms with Gasteiger partial charge in [-0.3, -0.25) is 0 Å². The molecule has 0 aliphatic heterocycles. The smallest absolute Gasteiger partial charge is 0.381 e. The SMILES string of the molecule is C[Si](C)(C)OCC#CC(=O)O. The van der Waals surface area contributed by atoms with E-state index in [9.17, 15) is 4.79 Å². The van der Waals surface area contributed by atoms with E-state index in [1.807, 2.05) is 25.6 Å². The van der Waals surface area contributed by atoms with E-state index in [2.05, 4.69) is 5.92 Å². The van der Waals surface area contributed by atoms with Crippen LogP contribution in [0.5, 0.6) is 0 Å². The van der Waals surface area contributed by atoms with Crippen LogP contribution in [0.3, 0.4) is 0 Å². The molecule has 11 heavy (non-hydrogen) atoms. The molecule has 0 unspecified atom stereocenters. The van der Waals surface area contributed by atoms with Gasteiger partial charge in [-0.1, -0.05) is 5.92 Å². The third-order valence-electron chi connectivity index (χ3n) is 0.773. The van der Waals surface area contributed by atoms with Crippen LogP contribution in [0.25, 0.3) is 0 Å². The molecule has 0 aliphatic carbocycles. The largest absolute Gasteiger partial charge is 0.472 e. The number of aliphatic carboxylic acids is 1. The second-order valence-corrected chi connectivity index (χ2v) is 7.52. The molecule has 1 N–H and O–H groups in total. The van der Waals surface area contributed by atoms with Crippen LogP contribution in [0.1, 0.15) is 0 Å². The summed E-state index contributed by atoms with van der Waals surface area (Å²) >= 11 is 0. The zero-order chi connectivity index (χ0) is 8.91. The lowest BCUT2D eigenvalue weighted by Gasteiger charge is -2.13. The summed E-state index contributed by atoms with van der Waals surface area (Å²) in [7, 11) is -1.52. The third kappa shape index (κ3) is 9.21. The summed E-state index contributed by atoms with van der Waals surface area (Å²) in [5.41, 5.74) is 0. The number of carboxylic acid groups (broad SMARTS) is 1. The minimum Gasteiger partial charge on any atom is -0.472 e. The van der Waals surface area contributed by atoms with Crippen molar-refractivity contribution < 1.29 is 14.3 Å². The molecule has 3 nitrogen and oxygen atoms in total. The first-order valence-electron chi connectivity index (χ1n) is 3.27. The first kappa shape index (κ1) is 10.2. The van der Waals surface area contributed by atoms with Gasteiger partial charge in [0.15, 0.2) is 8.32 Å². The molecule has 62 valence electrons. The molecule has 0 heterocycles. The van der Waals surface area contributed by atoms with E-state index < -0.39 is 14.3 Å². The first-order valence-corrected chi connectivity index (χ1v) is 6.68. The summed E-state index contributed by atoms with van der Waals surface area (Å²) in [6.07, 6.45) is 0. The van der Waals surface area contributed by atoms with Gasteiger partial charge in [0.1, 0.15) is 0 Å². The van der Waals surface area contributed by atoms with Crippen LogP contribution in [0.15, 0.2) is 0 Å². The number of hydrogen-bond acceptors (Lipinski definition) is 2. The molecule has 0 aromatic rings. The normalized spacial score (nSPS) is 10.1. The molecule has 0 aliphatic rings. The van der Waals surface area contributed by atoms with E-state index in [-0.39, 0.29) is 6.61 Å². The summed E-state index contributed by atoms with van der Waals surface area (Å²) in [6.45, 7) is 6.29. The molecular formula is C7H12O3Si. The van der Waals surface area contributed by atoms with Crippen molar-refractivity contribution in [2.24, 2.45) is 0 Å². The van der Waals surface area contributed by atoms with E-state index in [0.717, 1.165) is 0 Å². The summed E-state index contributed by atoms with van der Waals surface area (Å²) in [6, 6.07) is 0. The molecule has 0 spiro atoms. The second kappa shape index (κ2) is 4.16. The fourth-order valence-electron chi connectivity index (χ4n) is 0.364. The van der Waals surface area contributed by atoms with Crippen LogP contribution < -0.4 is 0 Å². The molecule has 4 heteroatoms. The average molecular weight is 172 g/mol. The van der Waals surface area contributed by atoms with Crippen molar-refractivity contribution in [3.8, 4) is 11.8 Å². The van der Waals surface area contributed by atoms with E-state index in [0.29, 0.717) is 0 Å². The Balaban J connectivity index is 3.60. The minimum atomic E-state index is -1.52. The maximum atomic E-state index is 9.91. The average Bonchev–Trinajstić information content (AvgIpc) is 1.78. The summed E-state index contributed by atoms with van der Waals surface area (Å²) in [5, 5.41) is 8.13. The molecule has 0 aromatic heterocycles. The van der Waals surface area contributed by atoms with Crippen molar-refractivity contribution >= 4 is 14.3 Å². The number of hydrogen-bond donors (Lipinski definition) is 1. The predicted molar refractivity (Wildman–Crippen MR) is 44.7 cm³/mol. The Morgan fingerprint density at radius 2 is 2.09 bits per heavy atom. The summed E-state index contributed by atoms with van der Waals surface area (Å²) in [4.78, 5) is 9.91. The Labute approximate surface area is 67.5 Å². The molecular weight excluding hydrogens is 160 g/mol. The Hall–Kier alpha value is -0.793. The third-order valence-corrected chi connectivity index (χ3v) is 1.78. The zero-order valence-electron chi connectivity index (χ0n) is 6.97. The Bertz CT molecular complexity index is 194. The van der Waals surface area contributed by atoms with Crippen molar-refractivity contribution in [2.75, 3.05) is 6.61 Å². The van der Waals surface area contributed by atoms with Crippen molar-refractivity contribution in [1.29, 1.82) is 0 Å². The van der Waals surface area contributed by atoms with Crippen molar-refractivity contribution in [2.45, 2.75) is 19.6 Å². The molecule has 0 saturated heterocycles. The van der Waals surface area contributed by atoms with Gasteiger partial charge >= 0.3 is 5.97 Å². The quantitative estimate of drug-likeness (QED) is 0.498. The molecule has 0 fully saturated rings. The Morgan fingerprint density at radius 1 is 1.55 bits per heavy atom. The van der Waals surface area contributed by atoms with Crippen LogP contribution in [-0.2, 0) is 9.22 Å². The van der Waals surface area contributed by atoms with Gasteiger partial charge < -0.3 is 9.53 Å². The van der Waals surface area contributed by atoms with Gasteiger partial charge in [0.25, 0.3) is 0 Å². The lowest BCUT2D eigenvalue weighted by atomic mass is 10.6. The summed E-state index contributed by atoms with van der Waals surface area (Å²) < 4.78 is 5.28. The highest BCUT2D eigenvalue weighted by atomic mass is 28.4. The highest BCUT2D eigenvalue weighted by Gasteiger charge is 2.12. The number of rotatable bonds is 2. The summed E-state index contributed by atoms with van der Waals surface area (Å²) in [5.74, 6) is 3.28. The number of carbonyl (C=O) groups is 1. The van der Waals surface area contributed by atoms with E-state index in [1.165, 1.54) is 0 Å². The van der Waals surface area contributed by atoms with Gasteiger partial charge in [0.2, 0.25) is 0 Å². The zero-order valence-corrected chi connectivity index (χ0v) is 7.97. The second-order valence-electron chi connectivity index (χ2n) is 3.01. The van der Waals surface area contributed by atoms with Crippen LogP contribution in [0.2, 0.25) is 19.6 Å². The molecule has 0 saturated carbocycles. The van der Waals surface area contributed by atoms with E-state index in [1.54, 1.807) is 0 Å². The van der Waals surface area contributed by atoms with Crippen molar-refractivity contribution in [3.05, 3.63) is 0 Å². The van der Waals surface area contributed by atoms with Crippen molar-refractivity contribution in [1.82, 2.24) is 0 Å². The maximum absolute atomic E-state index is 9.91. The molecule has 0 bridgehead atoms. The Morgan fingerprint density at radius 3 is 2.45 bits per heavy atom. The molecule has 0 radical (unpaired) electrons. The lowest BCUT2D eigenvalue weighted by Crippen LogP contribution is -2.25. The van der Waals surface area contributed by atoms with Gasteiger partial charge in [0.05, 0.1) is 6.61 Å². The minimum absolute atomic E-state index is 0.224. The molecule has 0 atom stereocenters. The molecule has 0 amide bonds. The van der Waals surface area contributed by atoms with E-state index in [4.69, 9.17) is 9.53 Å². The fraction of sp³-hybridized carbons (Fsp3) is 0.571. The van der Waals surface area contributed by atoms with Gasteiger partial charge in [-0.15, -0.1) is 0 Å². The highest BCUT2D eigenvalue weighted by molar-refractivity contribution is 6.69.